The van der Waals surface area contributed by atoms with Gasteiger partial charge in [-0.3, -0.25) is 0 Å². The number of benzene rings is 1. The number of methoxy groups -OCH3 is 1. The lowest BCUT2D eigenvalue weighted by molar-refractivity contribution is 0.414. The first-order valence-corrected chi connectivity index (χ1v) is 4.44. The summed E-state index contributed by atoms with van der Waals surface area (Å²) in [6.45, 7) is 0. The van der Waals surface area contributed by atoms with Crippen LogP contribution in [0.4, 0.5) is 0 Å². The highest BCUT2D eigenvalue weighted by molar-refractivity contribution is 5.74. The van der Waals surface area contributed by atoms with Gasteiger partial charge in [0.15, 0.2) is 0 Å². The molecule has 0 N–H and O–H groups in total. The second-order valence-electron chi connectivity index (χ2n) is 3.05. The Morgan fingerprint density at radius 2 is 2.29 bits per heavy atom. The maximum absolute atomic E-state index is 5.14. The Balaban J connectivity index is 2.09. The van der Waals surface area contributed by atoms with Crippen LogP contribution in [0.1, 0.15) is 5.56 Å². The molecule has 14 heavy (non-hydrogen) atoms. The van der Waals surface area contributed by atoms with Gasteiger partial charge in [-0.1, -0.05) is 12.1 Å². The van der Waals surface area contributed by atoms with Gasteiger partial charge in [0, 0.05) is 6.42 Å². The van der Waals surface area contributed by atoms with E-state index in [1.807, 2.05) is 24.3 Å². The SMILES string of the molecule is COc1cccc(CC2=CC=N[N]2)c1. The van der Waals surface area contributed by atoms with Crippen LogP contribution in [-0.4, -0.2) is 13.3 Å². The van der Waals surface area contributed by atoms with Crippen molar-refractivity contribution in [2.24, 2.45) is 5.10 Å². The average Bonchev–Trinajstić information content (AvgIpc) is 2.71. The van der Waals surface area contributed by atoms with Gasteiger partial charge in [-0.15, -0.1) is 0 Å². The lowest BCUT2D eigenvalue weighted by atomic mass is 10.1. The Morgan fingerprint density at radius 3 is 3.00 bits per heavy atom. The maximum Gasteiger partial charge on any atom is 0.119 e. The summed E-state index contributed by atoms with van der Waals surface area (Å²) in [7, 11) is 1.67. The fraction of sp³-hybridized carbons (Fsp3) is 0.182. The monoisotopic (exact) mass is 187 g/mol. The predicted molar refractivity (Wildman–Crippen MR) is 55.4 cm³/mol. The minimum atomic E-state index is 0.803. The quantitative estimate of drug-likeness (QED) is 0.709. The third-order valence-electron chi connectivity index (χ3n) is 2.04. The largest absolute Gasteiger partial charge is 0.497 e. The van der Waals surface area contributed by atoms with Gasteiger partial charge in [0.25, 0.3) is 0 Å². The normalized spacial score (nSPS) is 13.6. The van der Waals surface area contributed by atoms with Crippen molar-refractivity contribution in [3.05, 3.63) is 41.6 Å². The predicted octanol–water partition coefficient (Wildman–Crippen LogP) is 1.73. The molecule has 0 bridgehead atoms. The molecule has 71 valence electrons. The molecule has 0 saturated heterocycles. The first kappa shape index (κ1) is 8.81. The Kier molecular flexibility index (Phi) is 2.49. The smallest absolute Gasteiger partial charge is 0.119 e. The minimum absolute atomic E-state index is 0.803. The van der Waals surface area contributed by atoms with E-state index in [4.69, 9.17) is 4.74 Å². The molecular formula is C11H11N2O. The number of rotatable bonds is 3. The van der Waals surface area contributed by atoms with E-state index in [0.717, 1.165) is 17.9 Å². The van der Waals surface area contributed by atoms with Gasteiger partial charge in [-0.2, -0.15) is 10.5 Å². The number of hydrogen-bond donors (Lipinski definition) is 0. The summed E-state index contributed by atoms with van der Waals surface area (Å²) in [5.74, 6) is 0.877. The molecule has 1 aliphatic heterocycles. The molecule has 2 rings (SSSR count). The zero-order chi connectivity index (χ0) is 9.80. The van der Waals surface area contributed by atoms with Crippen molar-refractivity contribution in [3.8, 4) is 5.75 Å². The second kappa shape index (κ2) is 3.96. The maximum atomic E-state index is 5.14. The molecule has 3 heteroatoms. The summed E-state index contributed by atoms with van der Waals surface area (Å²) in [6, 6.07) is 7.97. The highest BCUT2D eigenvalue weighted by atomic mass is 16.5. The van der Waals surface area contributed by atoms with Crippen molar-refractivity contribution in [1.82, 2.24) is 5.43 Å². The molecule has 0 unspecified atom stereocenters. The Labute approximate surface area is 83.1 Å². The van der Waals surface area contributed by atoms with E-state index in [-0.39, 0.29) is 0 Å². The second-order valence-corrected chi connectivity index (χ2v) is 3.05. The molecule has 1 heterocycles. The van der Waals surface area contributed by atoms with Crippen LogP contribution < -0.4 is 10.2 Å². The van der Waals surface area contributed by atoms with Crippen LogP contribution in [0.15, 0.2) is 41.1 Å². The first-order chi connectivity index (χ1) is 6.88. The fourth-order valence-corrected chi connectivity index (χ4v) is 1.35. The van der Waals surface area contributed by atoms with Crippen molar-refractivity contribution in [2.75, 3.05) is 7.11 Å². The molecule has 0 amide bonds. The van der Waals surface area contributed by atoms with E-state index in [1.54, 1.807) is 13.3 Å². The summed E-state index contributed by atoms with van der Waals surface area (Å²) >= 11 is 0. The van der Waals surface area contributed by atoms with E-state index < -0.39 is 0 Å². The van der Waals surface area contributed by atoms with Crippen molar-refractivity contribution < 1.29 is 4.74 Å². The van der Waals surface area contributed by atoms with Crippen LogP contribution in [0.5, 0.6) is 5.75 Å². The fourth-order valence-electron chi connectivity index (χ4n) is 1.35. The topological polar surface area (TPSA) is 35.7 Å². The Hall–Kier alpha value is -1.77. The van der Waals surface area contributed by atoms with Crippen molar-refractivity contribution in [3.63, 3.8) is 0 Å². The van der Waals surface area contributed by atoms with Crippen LogP contribution in [0, 0.1) is 0 Å². The van der Waals surface area contributed by atoms with Gasteiger partial charge < -0.3 is 4.74 Å². The van der Waals surface area contributed by atoms with Crippen LogP contribution in [0.25, 0.3) is 0 Å². The molecule has 1 aliphatic rings. The number of nitrogens with zero attached hydrogens (tertiary/aromatic N) is 2. The lowest BCUT2D eigenvalue weighted by Gasteiger charge is -2.03. The zero-order valence-corrected chi connectivity index (χ0v) is 7.97. The summed E-state index contributed by atoms with van der Waals surface area (Å²) < 4.78 is 5.14. The van der Waals surface area contributed by atoms with Gasteiger partial charge in [0.2, 0.25) is 0 Å². The Morgan fingerprint density at radius 1 is 1.36 bits per heavy atom. The van der Waals surface area contributed by atoms with Gasteiger partial charge in [-0.05, 0) is 23.8 Å². The lowest BCUT2D eigenvalue weighted by Crippen LogP contribution is -1.97. The average molecular weight is 187 g/mol. The molecule has 1 aromatic carbocycles. The van der Waals surface area contributed by atoms with Crippen LogP contribution in [-0.2, 0) is 6.42 Å². The molecule has 3 nitrogen and oxygen atoms in total. The zero-order valence-electron chi connectivity index (χ0n) is 7.97. The van der Waals surface area contributed by atoms with E-state index >= 15 is 0 Å². The molecule has 0 atom stereocenters. The molecule has 1 aromatic rings. The van der Waals surface area contributed by atoms with Gasteiger partial charge in [0.1, 0.15) is 5.75 Å². The highest BCUT2D eigenvalue weighted by Crippen LogP contribution is 2.15. The summed E-state index contributed by atoms with van der Waals surface area (Å²) in [5.41, 5.74) is 6.15. The standard InChI is InChI=1S/C11H11N2O/c1-14-11-4-2-3-9(8-11)7-10-5-6-12-13-10/h2-6,8H,7H2,1H3. The number of ether oxygens (including phenoxy) is 1. The van der Waals surface area contributed by atoms with Crippen molar-refractivity contribution >= 4 is 6.21 Å². The van der Waals surface area contributed by atoms with E-state index in [2.05, 4.69) is 16.6 Å². The molecule has 0 aromatic heterocycles. The van der Waals surface area contributed by atoms with Crippen LogP contribution in [0.2, 0.25) is 0 Å². The minimum Gasteiger partial charge on any atom is -0.497 e. The van der Waals surface area contributed by atoms with Crippen molar-refractivity contribution in [1.29, 1.82) is 0 Å². The van der Waals surface area contributed by atoms with E-state index in [9.17, 15) is 0 Å². The third kappa shape index (κ3) is 1.93. The summed E-state index contributed by atoms with van der Waals surface area (Å²) in [4.78, 5) is 0. The first-order valence-electron chi connectivity index (χ1n) is 4.44. The van der Waals surface area contributed by atoms with E-state index in [0.29, 0.717) is 0 Å². The highest BCUT2D eigenvalue weighted by Gasteiger charge is 2.04. The van der Waals surface area contributed by atoms with Gasteiger partial charge in [-0.25, -0.2) is 0 Å². The molecular weight excluding hydrogens is 176 g/mol. The van der Waals surface area contributed by atoms with Crippen molar-refractivity contribution in [2.45, 2.75) is 6.42 Å². The number of allylic oxidation sites excluding steroid dienone is 2. The Bertz CT molecular complexity index is 383. The molecule has 0 spiro atoms. The van der Waals surface area contributed by atoms with Crippen LogP contribution >= 0.6 is 0 Å². The summed E-state index contributed by atoms with van der Waals surface area (Å²) in [5, 5.41) is 3.78. The van der Waals surface area contributed by atoms with Gasteiger partial charge >= 0.3 is 0 Å². The van der Waals surface area contributed by atoms with Crippen LogP contribution in [0.3, 0.4) is 0 Å². The molecule has 0 saturated carbocycles. The third-order valence-corrected chi connectivity index (χ3v) is 2.04. The number of hydrogen-bond acceptors (Lipinski definition) is 2. The molecule has 1 radical (unpaired) electrons. The summed E-state index contributed by atoms with van der Waals surface area (Å²) in [6.07, 6.45) is 4.42. The van der Waals surface area contributed by atoms with Gasteiger partial charge in [0.05, 0.1) is 19.0 Å². The molecule has 0 aliphatic carbocycles. The van der Waals surface area contributed by atoms with E-state index in [1.165, 1.54) is 5.56 Å². The molecule has 0 fully saturated rings.